The predicted molar refractivity (Wildman–Crippen MR) is 63.7 cm³/mol. The minimum atomic E-state index is -4.67. The number of pyridine rings is 1. The summed E-state index contributed by atoms with van der Waals surface area (Å²) in [6, 6.07) is 5.76. The fourth-order valence-corrected chi connectivity index (χ4v) is 1.27. The van der Waals surface area contributed by atoms with Crippen molar-refractivity contribution in [1.82, 2.24) is 15.2 Å². The average Bonchev–Trinajstić information content (AvgIpc) is 2.64. The second-order valence-corrected chi connectivity index (χ2v) is 4.53. The molecule has 0 aliphatic rings. The van der Waals surface area contributed by atoms with Crippen LogP contribution in [-0.4, -0.2) is 32.7 Å². The molecule has 9 heteroatoms. The molecule has 0 unspecified atom stereocenters. The molecular formula is C8H8BrN3O4S. The molecule has 92 valence electrons. The summed E-state index contributed by atoms with van der Waals surface area (Å²) in [7, 11) is -4.67. The van der Waals surface area contributed by atoms with Crippen LogP contribution in [0, 0.1) is 0 Å². The first kappa shape index (κ1) is 13.8. The van der Waals surface area contributed by atoms with Gasteiger partial charge in [0.05, 0.1) is 5.69 Å². The van der Waals surface area contributed by atoms with E-state index < -0.39 is 10.4 Å². The quantitative estimate of drug-likeness (QED) is 0.686. The number of aromatic nitrogens is 3. The van der Waals surface area contributed by atoms with Crippen LogP contribution < -0.4 is 0 Å². The van der Waals surface area contributed by atoms with Crippen LogP contribution in [0.15, 0.2) is 35.2 Å². The minimum Gasteiger partial charge on any atom is -0.271 e. The van der Waals surface area contributed by atoms with Crippen LogP contribution in [0.1, 0.15) is 0 Å². The van der Waals surface area contributed by atoms with E-state index in [0.29, 0.717) is 0 Å². The Bertz CT molecular complexity index is 561. The van der Waals surface area contributed by atoms with E-state index >= 15 is 0 Å². The Morgan fingerprint density at radius 3 is 2.18 bits per heavy atom. The van der Waals surface area contributed by atoms with Gasteiger partial charge in [-0.25, -0.2) is 0 Å². The zero-order valence-electron chi connectivity index (χ0n) is 8.28. The number of rotatable bonds is 1. The topological polar surface area (TPSA) is 116 Å². The number of nitrogens with one attached hydrogen (secondary N) is 1. The average molecular weight is 322 g/mol. The lowest BCUT2D eigenvalue weighted by Crippen LogP contribution is -1.89. The van der Waals surface area contributed by atoms with E-state index in [2.05, 4.69) is 31.1 Å². The van der Waals surface area contributed by atoms with Gasteiger partial charge in [0, 0.05) is 18.0 Å². The Morgan fingerprint density at radius 2 is 1.76 bits per heavy atom. The molecule has 0 aromatic carbocycles. The lowest BCUT2D eigenvalue weighted by Gasteiger charge is -1.91. The summed E-state index contributed by atoms with van der Waals surface area (Å²) in [6.07, 6.45) is 3.50. The van der Waals surface area contributed by atoms with Crippen molar-refractivity contribution in [2.45, 2.75) is 0 Å². The molecule has 3 N–H and O–H groups in total. The predicted octanol–water partition coefficient (Wildman–Crippen LogP) is 1.58. The first-order chi connectivity index (χ1) is 7.86. The molecule has 0 aliphatic heterocycles. The number of nitrogens with zero attached hydrogens (tertiary/aromatic N) is 2. The van der Waals surface area contributed by atoms with Crippen LogP contribution in [0.25, 0.3) is 11.3 Å². The summed E-state index contributed by atoms with van der Waals surface area (Å²) in [5.74, 6) is 0. The molecule has 0 fully saturated rings. The SMILES string of the molecule is Brc1cc(-c2ccncc2)n[nH]1.O=S(=O)(O)O. The van der Waals surface area contributed by atoms with Gasteiger partial charge in [0.2, 0.25) is 0 Å². The van der Waals surface area contributed by atoms with Crippen LogP contribution in [0.5, 0.6) is 0 Å². The first-order valence-corrected chi connectivity index (χ1v) is 6.36. The van der Waals surface area contributed by atoms with Crippen LogP contribution in [-0.2, 0) is 10.4 Å². The van der Waals surface area contributed by atoms with Gasteiger partial charge in [-0.05, 0) is 34.1 Å². The van der Waals surface area contributed by atoms with Crippen molar-refractivity contribution in [3.8, 4) is 11.3 Å². The number of hydrogen-bond donors (Lipinski definition) is 3. The second kappa shape index (κ2) is 5.87. The van der Waals surface area contributed by atoms with Crippen molar-refractivity contribution in [2.75, 3.05) is 0 Å². The molecule has 0 radical (unpaired) electrons. The second-order valence-electron chi connectivity index (χ2n) is 2.78. The summed E-state index contributed by atoms with van der Waals surface area (Å²) in [5.41, 5.74) is 1.98. The number of halogens is 1. The normalized spacial score (nSPS) is 10.5. The van der Waals surface area contributed by atoms with Crippen molar-refractivity contribution in [3.63, 3.8) is 0 Å². The van der Waals surface area contributed by atoms with E-state index in [1.54, 1.807) is 12.4 Å². The van der Waals surface area contributed by atoms with Gasteiger partial charge in [-0.15, -0.1) is 0 Å². The Morgan fingerprint density at radius 1 is 1.24 bits per heavy atom. The molecule has 0 amide bonds. The van der Waals surface area contributed by atoms with Crippen molar-refractivity contribution in [1.29, 1.82) is 0 Å². The van der Waals surface area contributed by atoms with E-state index in [9.17, 15) is 0 Å². The highest BCUT2D eigenvalue weighted by Gasteiger charge is 1.99. The summed E-state index contributed by atoms with van der Waals surface area (Å²) >= 11 is 3.30. The third kappa shape index (κ3) is 6.12. The largest absolute Gasteiger partial charge is 0.394 e. The molecule has 0 aliphatic carbocycles. The Labute approximate surface area is 106 Å². The van der Waals surface area contributed by atoms with Crippen LogP contribution in [0.4, 0.5) is 0 Å². The maximum atomic E-state index is 8.74. The van der Waals surface area contributed by atoms with Gasteiger partial charge in [-0.1, -0.05) is 0 Å². The third-order valence-corrected chi connectivity index (χ3v) is 1.93. The zero-order chi connectivity index (χ0) is 12.9. The molecule has 2 heterocycles. The van der Waals surface area contributed by atoms with E-state index in [1.165, 1.54) is 0 Å². The third-order valence-electron chi connectivity index (χ3n) is 1.52. The van der Waals surface area contributed by atoms with E-state index in [0.717, 1.165) is 15.9 Å². The van der Waals surface area contributed by atoms with Gasteiger partial charge >= 0.3 is 10.4 Å². The highest BCUT2D eigenvalue weighted by Crippen LogP contribution is 2.18. The molecule has 0 bridgehead atoms. The Balaban J connectivity index is 0.000000249. The van der Waals surface area contributed by atoms with Crippen LogP contribution >= 0.6 is 15.9 Å². The molecule has 2 rings (SSSR count). The maximum absolute atomic E-state index is 8.74. The summed E-state index contributed by atoms with van der Waals surface area (Å²) in [6.45, 7) is 0. The van der Waals surface area contributed by atoms with E-state index in [4.69, 9.17) is 17.5 Å². The standard InChI is InChI=1S/C8H6BrN3.H2O4S/c9-8-5-7(11-12-8)6-1-3-10-4-2-6;1-5(2,3)4/h1-5H,(H,11,12);(H2,1,2,3,4). The summed E-state index contributed by atoms with van der Waals surface area (Å²) < 4.78 is 32.5. The molecular weight excluding hydrogens is 314 g/mol. The Kier molecular flexibility index (Phi) is 4.75. The van der Waals surface area contributed by atoms with Crippen molar-refractivity contribution >= 4 is 26.3 Å². The lowest BCUT2D eigenvalue weighted by molar-refractivity contribution is 0.381. The smallest absolute Gasteiger partial charge is 0.271 e. The minimum absolute atomic E-state index is 0.884. The Hall–Kier alpha value is -1.29. The highest BCUT2D eigenvalue weighted by atomic mass is 79.9. The fraction of sp³-hybridized carbons (Fsp3) is 0. The molecule has 17 heavy (non-hydrogen) atoms. The van der Waals surface area contributed by atoms with Gasteiger partial charge in [0.15, 0.2) is 0 Å². The maximum Gasteiger partial charge on any atom is 0.394 e. The van der Waals surface area contributed by atoms with Crippen LogP contribution in [0.3, 0.4) is 0 Å². The van der Waals surface area contributed by atoms with Crippen molar-refractivity contribution in [2.24, 2.45) is 0 Å². The zero-order valence-corrected chi connectivity index (χ0v) is 10.7. The molecule has 0 atom stereocenters. The van der Waals surface area contributed by atoms with Crippen molar-refractivity contribution < 1.29 is 17.5 Å². The van der Waals surface area contributed by atoms with Crippen LogP contribution in [0.2, 0.25) is 0 Å². The monoisotopic (exact) mass is 321 g/mol. The number of hydrogen-bond acceptors (Lipinski definition) is 4. The van der Waals surface area contributed by atoms with Gasteiger partial charge < -0.3 is 0 Å². The van der Waals surface area contributed by atoms with E-state index in [-0.39, 0.29) is 0 Å². The molecule has 2 aromatic heterocycles. The molecule has 2 aromatic rings. The number of H-pyrrole nitrogens is 1. The van der Waals surface area contributed by atoms with Gasteiger partial charge in [-0.2, -0.15) is 13.5 Å². The van der Waals surface area contributed by atoms with Gasteiger partial charge in [0.1, 0.15) is 4.60 Å². The molecule has 0 saturated carbocycles. The molecule has 7 nitrogen and oxygen atoms in total. The first-order valence-electron chi connectivity index (χ1n) is 4.17. The number of aromatic amines is 1. The fourth-order valence-electron chi connectivity index (χ4n) is 0.969. The molecule has 0 saturated heterocycles. The highest BCUT2D eigenvalue weighted by molar-refractivity contribution is 9.10. The lowest BCUT2D eigenvalue weighted by atomic mass is 10.2. The molecule has 0 spiro atoms. The summed E-state index contributed by atoms with van der Waals surface area (Å²) in [4.78, 5) is 3.93. The van der Waals surface area contributed by atoms with Gasteiger partial charge in [0.25, 0.3) is 0 Å². The summed E-state index contributed by atoms with van der Waals surface area (Å²) in [5, 5.41) is 6.90. The van der Waals surface area contributed by atoms with E-state index in [1.807, 2.05) is 18.2 Å². The van der Waals surface area contributed by atoms with Crippen molar-refractivity contribution in [3.05, 3.63) is 35.2 Å². The van der Waals surface area contributed by atoms with Gasteiger partial charge in [-0.3, -0.25) is 19.2 Å².